The zero-order valence-electron chi connectivity index (χ0n) is 18.3. The Hall–Kier alpha value is -2.21. The second-order valence-corrected chi connectivity index (χ2v) is 9.96. The van der Waals surface area contributed by atoms with Crippen molar-refractivity contribution >= 4 is 17.7 Å². The van der Waals surface area contributed by atoms with E-state index in [0.29, 0.717) is 5.56 Å². The Morgan fingerprint density at radius 1 is 0.966 bits per heavy atom. The maximum Gasteiger partial charge on any atom is 0.317 e. The van der Waals surface area contributed by atoms with Gasteiger partial charge < -0.3 is 14.6 Å². The highest BCUT2D eigenvalue weighted by molar-refractivity contribution is 6.03. The van der Waals surface area contributed by atoms with Crippen LogP contribution < -0.4 is 0 Å². The van der Waals surface area contributed by atoms with Gasteiger partial charge in [0.15, 0.2) is 5.78 Å². The standard InChI is InChI=1S/C23H32O6/c1-21(2,3)28-19(25)17-15(24)13-23(7,27)18(20(26)29-22(4,5)6)16(17)14-11-9-8-10-12-14/h8-12,16-18,27H,13H2,1-7H3/t16-,17+,18-,23+/m1/s1. The minimum Gasteiger partial charge on any atom is -0.460 e. The summed E-state index contributed by atoms with van der Waals surface area (Å²) in [6.07, 6.45) is -0.329. The molecular weight excluding hydrogens is 372 g/mol. The molecular formula is C23H32O6. The maximum absolute atomic E-state index is 13.1. The fourth-order valence-electron chi connectivity index (χ4n) is 3.82. The Bertz CT molecular complexity index is 767. The molecule has 0 spiro atoms. The van der Waals surface area contributed by atoms with Crippen molar-refractivity contribution in [2.75, 3.05) is 0 Å². The van der Waals surface area contributed by atoms with Crippen molar-refractivity contribution in [3.63, 3.8) is 0 Å². The molecule has 0 bridgehead atoms. The molecule has 1 aromatic carbocycles. The van der Waals surface area contributed by atoms with E-state index in [1.54, 1.807) is 71.9 Å². The number of ketones is 1. The molecule has 6 heteroatoms. The fraction of sp³-hybridized carbons (Fsp3) is 0.609. The summed E-state index contributed by atoms with van der Waals surface area (Å²) < 4.78 is 11.1. The van der Waals surface area contributed by atoms with Crippen molar-refractivity contribution in [3.8, 4) is 0 Å². The number of esters is 2. The van der Waals surface area contributed by atoms with E-state index in [2.05, 4.69) is 0 Å². The summed E-state index contributed by atoms with van der Waals surface area (Å²) in [5, 5.41) is 11.1. The predicted octanol–water partition coefficient (Wildman–Crippen LogP) is 3.41. The predicted molar refractivity (Wildman–Crippen MR) is 108 cm³/mol. The Balaban J connectivity index is 2.59. The minimum atomic E-state index is -1.65. The van der Waals surface area contributed by atoms with Gasteiger partial charge in [-0.3, -0.25) is 14.4 Å². The Kier molecular flexibility index (Phi) is 6.29. The summed E-state index contributed by atoms with van der Waals surface area (Å²) in [6.45, 7) is 11.8. The molecule has 1 fully saturated rings. The highest BCUT2D eigenvalue weighted by Crippen LogP contribution is 2.47. The smallest absolute Gasteiger partial charge is 0.317 e. The summed E-state index contributed by atoms with van der Waals surface area (Å²) in [6, 6.07) is 8.82. The van der Waals surface area contributed by atoms with Crippen LogP contribution in [0.2, 0.25) is 0 Å². The number of benzene rings is 1. The third kappa shape index (κ3) is 5.66. The number of ether oxygens (including phenoxy) is 2. The van der Waals surface area contributed by atoms with E-state index in [1.807, 2.05) is 0 Å². The molecule has 1 saturated carbocycles. The van der Waals surface area contributed by atoms with E-state index >= 15 is 0 Å². The first-order chi connectivity index (χ1) is 13.1. The number of hydrogen-bond acceptors (Lipinski definition) is 6. The molecule has 1 aliphatic rings. The van der Waals surface area contributed by atoms with Crippen LogP contribution in [0.15, 0.2) is 30.3 Å². The number of carbonyl (C=O) groups excluding carboxylic acids is 3. The maximum atomic E-state index is 13.1. The average molecular weight is 405 g/mol. The summed E-state index contributed by atoms with van der Waals surface area (Å²) >= 11 is 0. The lowest BCUT2D eigenvalue weighted by molar-refractivity contribution is -0.182. The van der Waals surface area contributed by atoms with Crippen molar-refractivity contribution in [1.82, 2.24) is 0 Å². The summed E-state index contributed by atoms with van der Waals surface area (Å²) in [5.74, 6) is -4.97. The first-order valence-corrected chi connectivity index (χ1v) is 9.88. The molecule has 160 valence electrons. The zero-order valence-corrected chi connectivity index (χ0v) is 18.3. The van der Waals surface area contributed by atoms with Crippen LogP contribution in [-0.4, -0.2) is 39.6 Å². The zero-order chi connectivity index (χ0) is 22.2. The first kappa shape index (κ1) is 23.1. The Morgan fingerprint density at radius 3 is 1.93 bits per heavy atom. The molecule has 1 N–H and O–H groups in total. The van der Waals surface area contributed by atoms with Gasteiger partial charge in [-0.15, -0.1) is 0 Å². The van der Waals surface area contributed by atoms with Crippen molar-refractivity contribution in [2.24, 2.45) is 11.8 Å². The van der Waals surface area contributed by atoms with Crippen LogP contribution in [0, 0.1) is 11.8 Å². The van der Waals surface area contributed by atoms with Crippen LogP contribution in [0.25, 0.3) is 0 Å². The fourth-order valence-corrected chi connectivity index (χ4v) is 3.82. The molecule has 1 aromatic rings. The number of Topliss-reactive ketones (excluding diaryl/α,β-unsaturated/α-hetero) is 1. The SMILES string of the molecule is CC(C)(C)OC(=O)[C@H]1C(=O)C[C@](C)(O)[C@@H](C(=O)OC(C)(C)C)[C@@H]1c1ccccc1. The van der Waals surface area contributed by atoms with Crippen molar-refractivity contribution in [3.05, 3.63) is 35.9 Å². The Labute approximate surface area is 172 Å². The second-order valence-electron chi connectivity index (χ2n) is 9.96. The highest BCUT2D eigenvalue weighted by Gasteiger charge is 2.57. The normalized spacial score (nSPS) is 28.0. The van der Waals surface area contributed by atoms with Gasteiger partial charge >= 0.3 is 11.9 Å². The largest absolute Gasteiger partial charge is 0.460 e. The number of rotatable bonds is 3. The van der Waals surface area contributed by atoms with Crippen LogP contribution >= 0.6 is 0 Å². The van der Waals surface area contributed by atoms with Gasteiger partial charge in [0.2, 0.25) is 0 Å². The number of carbonyl (C=O) groups is 3. The van der Waals surface area contributed by atoms with E-state index in [1.165, 1.54) is 6.92 Å². The van der Waals surface area contributed by atoms with Gasteiger partial charge in [-0.2, -0.15) is 0 Å². The van der Waals surface area contributed by atoms with Gasteiger partial charge in [0, 0.05) is 12.3 Å². The molecule has 29 heavy (non-hydrogen) atoms. The van der Waals surface area contributed by atoms with Crippen LogP contribution in [0.4, 0.5) is 0 Å². The molecule has 0 saturated heterocycles. The van der Waals surface area contributed by atoms with E-state index in [-0.39, 0.29) is 6.42 Å². The molecule has 0 amide bonds. The topological polar surface area (TPSA) is 89.9 Å². The average Bonchev–Trinajstić information content (AvgIpc) is 2.50. The van der Waals surface area contributed by atoms with Gasteiger partial charge in [-0.05, 0) is 54.0 Å². The first-order valence-electron chi connectivity index (χ1n) is 9.88. The van der Waals surface area contributed by atoms with Crippen LogP contribution in [0.1, 0.15) is 66.4 Å². The summed E-state index contributed by atoms with van der Waals surface area (Å²) in [4.78, 5) is 39.1. The van der Waals surface area contributed by atoms with Crippen LogP contribution in [-0.2, 0) is 23.9 Å². The highest BCUT2D eigenvalue weighted by atomic mass is 16.6. The third-order valence-electron chi connectivity index (χ3n) is 4.77. The molecule has 4 atom stereocenters. The third-order valence-corrected chi connectivity index (χ3v) is 4.77. The van der Waals surface area contributed by atoms with Crippen LogP contribution in [0.5, 0.6) is 0 Å². The van der Waals surface area contributed by atoms with Crippen LogP contribution in [0.3, 0.4) is 0 Å². The van der Waals surface area contributed by atoms with Crippen molar-refractivity contribution in [1.29, 1.82) is 0 Å². The van der Waals surface area contributed by atoms with Gasteiger partial charge in [0.1, 0.15) is 17.1 Å². The molecule has 6 nitrogen and oxygen atoms in total. The minimum absolute atomic E-state index is 0.329. The quantitative estimate of drug-likeness (QED) is 0.613. The van der Waals surface area contributed by atoms with Gasteiger partial charge in [-0.1, -0.05) is 30.3 Å². The number of hydrogen-bond donors (Lipinski definition) is 1. The van der Waals surface area contributed by atoms with E-state index in [4.69, 9.17) is 9.47 Å². The summed E-state index contributed by atoms with van der Waals surface area (Å²) in [5.41, 5.74) is -2.62. The van der Waals surface area contributed by atoms with Gasteiger partial charge in [0.25, 0.3) is 0 Å². The lowest BCUT2D eigenvalue weighted by Gasteiger charge is -2.44. The molecule has 1 aliphatic carbocycles. The van der Waals surface area contributed by atoms with Gasteiger partial charge in [0.05, 0.1) is 11.5 Å². The lowest BCUT2D eigenvalue weighted by Crippen LogP contribution is -2.56. The Morgan fingerprint density at radius 2 is 1.45 bits per heavy atom. The molecule has 0 heterocycles. The molecule has 0 unspecified atom stereocenters. The molecule has 0 aromatic heterocycles. The van der Waals surface area contributed by atoms with Crippen molar-refractivity contribution in [2.45, 2.75) is 77.6 Å². The second kappa shape index (κ2) is 7.90. The number of aliphatic hydroxyl groups is 1. The summed E-state index contributed by atoms with van der Waals surface area (Å²) in [7, 11) is 0. The lowest BCUT2D eigenvalue weighted by atomic mass is 9.61. The monoisotopic (exact) mass is 404 g/mol. The molecule has 0 aliphatic heterocycles. The molecule has 0 radical (unpaired) electrons. The van der Waals surface area contributed by atoms with Crippen molar-refractivity contribution < 1.29 is 29.0 Å². The van der Waals surface area contributed by atoms with E-state index < -0.39 is 52.3 Å². The van der Waals surface area contributed by atoms with E-state index in [9.17, 15) is 19.5 Å². The van der Waals surface area contributed by atoms with Gasteiger partial charge in [-0.25, -0.2) is 0 Å². The van der Waals surface area contributed by atoms with E-state index in [0.717, 1.165) is 0 Å². The molecule has 2 rings (SSSR count).